The monoisotopic (exact) mass is 857 g/mol. The predicted octanol–water partition coefficient (Wildman–Crippen LogP) is 13.0. The molecule has 6 aliphatic rings. The summed E-state index contributed by atoms with van der Waals surface area (Å²) in [7, 11) is 1.33. The number of carbonyl (C=O) groups excluding carboxylic acids is 2. The topological polar surface area (TPSA) is 122 Å². The summed E-state index contributed by atoms with van der Waals surface area (Å²) in [6, 6.07) is 0. The first-order chi connectivity index (χ1) is 30.5. The molecule has 338 valence electrons. The number of aliphatic imine (C=N–C) groups is 3. The molecule has 0 radical (unpaired) electrons. The maximum atomic E-state index is 13.6. The van der Waals surface area contributed by atoms with Crippen molar-refractivity contribution >= 4 is 29.1 Å². The lowest BCUT2D eigenvalue weighted by Gasteiger charge is -2.20. The Morgan fingerprint density at radius 1 is 0.841 bits per heavy atom. The van der Waals surface area contributed by atoms with Gasteiger partial charge in [-0.05, 0) is 93.6 Å². The Labute approximate surface area is 377 Å². The predicted molar refractivity (Wildman–Crippen MR) is 257 cm³/mol. The minimum atomic E-state index is -1.07. The summed E-state index contributed by atoms with van der Waals surface area (Å²) in [6.45, 7) is 16.9. The SMILES string of the molecule is C=CC1=CC2=NC1=CC1=NC(=CC3=C(C)C4=C(O)C(C(=O)OC)C(=C5NC(=C2)C(C)C5CCC(=O)OCC=C(C)CCCCCCCCCCCCCCCC)C4=N3)C(CC)=C1C. The molecule has 6 rings (SSSR count). The van der Waals surface area contributed by atoms with E-state index in [1.807, 2.05) is 43.4 Å². The summed E-state index contributed by atoms with van der Waals surface area (Å²) >= 11 is 0. The number of ether oxygens (including phenoxy) is 2. The molecule has 63 heavy (non-hydrogen) atoms. The van der Waals surface area contributed by atoms with Crippen molar-refractivity contribution in [2.24, 2.45) is 32.7 Å². The average Bonchev–Trinajstić information content (AvgIpc) is 4.04. The van der Waals surface area contributed by atoms with Crippen LogP contribution in [0.15, 0.2) is 131 Å². The van der Waals surface area contributed by atoms with Crippen molar-refractivity contribution in [2.45, 2.75) is 157 Å². The molecule has 1 aliphatic carbocycles. The van der Waals surface area contributed by atoms with Gasteiger partial charge in [0, 0.05) is 46.4 Å². The maximum Gasteiger partial charge on any atom is 0.321 e. The number of esters is 2. The Balaban J connectivity index is 1.13. The number of aliphatic hydroxyl groups excluding tert-OH is 1. The number of fused-ring (bicyclic) bond motifs is 5. The summed E-state index contributed by atoms with van der Waals surface area (Å²) in [4.78, 5) is 42.1. The second-order valence-electron chi connectivity index (χ2n) is 18.1. The van der Waals surface area contributed by atoms with Crippen molar-refractivity contribution in [1.29, 1.82) is 0 Å². The first-order valence-corrected chi connectivity index (χ1v) is 24.0. The number of methoxy groups -OCH3 is 1. The lowest BCUT2D eigenvalue weighted by Crippen LogP contribution is -2.25. The molecular formula is C54H72N4O5. The van der Waals surface area contributed by atoms with E-state index in [2.05, 4.69) is 46.5 Å². The smallest absolute Gasteiger partial charge is 0.321 e. The van der Waals surface area contributed by atoms with Crippen LogP contribution in [0.3, 0.4) is 0 Å². The fourth-order valence-electron chi connectivity index (χ4n) is 9.82. The molecule has 8 bridgehead atoms. The van der Waals surface area contributed by atoms with E-state index in [9.17, 15) is 14.7 Å². The van der Waals surface area contributed by atoms with E-state index in [0.29, 0.717) is 29.0 Å². The molecule has 2 N–H and O–H groups in total. The fraction of sp³-hybridized carbons (Fsp3) is 0.537. The van der Waals surface area contributed by atoms with Gasteiger partial charge in [0.25, 0.3) is 0 Å². The molecule has 0 spiro atoms. The Kier molecular flexibility index (Phi) is 17.0. The van der Waals surface area contributed by atoms with Crippen LogP contribution < -0.4 is 5.32 Å². The quantitative estimate of drug-likeness (QED) is 0.0599. The summed E-state index contributed by atoms with van der Waals surface area (Å²) < 4.78 is 11.1. The van der Waals surface area contributed by atoms with Crippen LogP contribution in [0.4, 0.5) is 0 Å². The Morgan fingerprint density at radius 3 is 2.14 bits per heavy atom. The summed E-state index contributed by atoms with van der Waals surface area (Å²) in [5.41, 5.74) is 12.2. The maximum absolute atomic E-state index is 13.6. The standard InChI is InChI=1S/C54H72N4O5/c1-9-12-13-14-15-16-17-18-19-20-21-22-23-24-25-34(4)28-29-63-47(59)27-26-41-36(6)42-31-39-30-38(10-2)45(55-39)32-43-35(5)40(11-3)46(56-43)33-44-37(7)48-52(58-44)49(51(41)57-42)50(53(48)60)54(61)62-8/h10,28,30-33,36,41,50,57,60H,2,9,11-27,29H2,1,3-8H3. The van der Waals surface area contributed by atoms with E-state index in [4.69, 9.17) is 24.5 Å². The van der Waals surface area contributed by atoms with Crippen LogP contribution in [0.1, 0.15) is 157 Å². The van der Waals surface area contributed by atoms with Gasteiger partial charge < -0.3 is 19.9 Å². The number of hydrogen-bond donors (Lipinski definition) is 2. The molecule has 9 nitrogen and oxygen atoms in total. The van der Waals surface area contributed by atoms with Crippen LogP contribution in [-0.2, 0) is 19.1 Å². The van der Waals surface area contributed by atoms with Gasteiger partial charge in [0.15, 0.2) is 0 Å². The first-order valence-electron chi connectivity index (χ1n) is 24.0. The molecule has 1 fully saturated rings. The molecule has 3 atom stereocenters. The summed E-state index contributed by atoms with van der Waals surface area (Å²) in [5.74, 6) is -2.33. The highest BCUT2D eigenvalue weighted by Gasteiger charge is 2.49. The molecule has 0 aromatic heterocycles. The molecule has 5 heterocycles. The number of nitrogens with zero attached hydrogens (tertiary/aromatic N) is 3. The lowest BCUT2D eigenvalue weighted by molar-refractivity contribution is -0.144. The Hall–Kier alpha value is -5.05. The zero-order chi connectivity index (χ0) is 45.0. The van der Waals surface area contributed by atoms with Gasteiger partial charge in [-0.25, -0.2) is 15.0 Å². The third-order valence-corrected chi connectivity index (χ3v) is 13.7. The largest absolute Gasteiger partial charge is 0.510 e. The molecule has 0 aromatic rings. The third-order valence-electron chi connectivity index (χ3n) is 13.7. The van der Waals surface area contributed by atoms with Gasteiger partial charge in [0.05, 0.1) is 41.3 Å². The van der Waals surface area contributed by atoms with Crippen LogP contribution in [-0.4, -0.2) is 47.9 Å². The number of hydrogen-bond acceptors (Lipinski definition) is 9. The molecule has 0 amide bonds. The van der Waals surface area contributed by atoms with E-state index >= 15 is 0 Å². The highest BCUT2D eigenvalue weighted by molar-refractivity contribution is 6.24. The number of rotatable bonds is 23. The van der Waals surface area contributed by atoms with Crippen molar-refractivity contribution in [3.63, 3.8) is 0 Å². The molecule has 5 aliphatic heterocycles. The van der Waals surface area contributed by atoms with Gasteiger partial charge in [0.2, 0.25) is 0 Å². The highest BCUT2D eigenvalue weighted by Crippen LogP contribution is 2.49. The van der Waals surface area contributed by atoms with E-state index in [0.717, 1.165) is 75.8 Å². The van der Waals surface area contributed by atoms with Gasteiger partial charge in [-0.15, -0.1) is 0 Å². The zero-order valence-electron chi connectivity index (χ0n) is 39.3. The normalized spacial score (nSPS) is 21.6. The molecule has 3 unspecified atom stereocenters. The van der Waals surface area contributed by atoms with Crippen LogP contribution in [0.25, 0.3) is 0 Å². The van der Waals surface area contributed by atoms with Gasteiger partial charge >= 0.3 is 11.9 Å². The Bertz CT molecular complexity index is 2190. The van der Waals surface area contributed by atoms with E-state index in [1.165, 1.54) is 96.2 Å². The van der Waals surface area contributed by atoms with E-state index < -0.39 is 11.9 Å². The van der Waals surface area contributed by atoms with Crippen molar-refractivity contribution in [3.8, 4) is 0 Å². The Morgan fingerprint density at radius 2 is 1.51 bits per heavy atom. The van der Waals surface area contributed by atoms with E-state index in [-0.39, 0.29) is 36.6 Å². The number of carbonyl (C=O) groups is 2. The van der Waals surface area contributed by atoms with Crippen LogP contribution in [0.5, 0.6) is 0 Å². The molecular weight excluding hydrogens is 785 g/mol. The molecule has 0 aromatic carbocycles. The van der Waals surface area contributed by atoms with Crippen molar-refractivity contribution < 1.29 is 24.2 Å². The van der Waals surface area contributed by atoms with Gasteiger partial charge in [-0.3, -0.25) is 9.59 Å². The minimum Gasteiger partial charge on any atom is -0.510 e. The zero-order valence-corrected chi connectivity index (χ0v) is 39.3. The first kappa shape index (κ1) is 47.4. The second kappa shape index (κ2) is 22.5. The number of unbranched alkanes of at least 4 members (excludes halogenated alkanes) is 13. The fourth-order valence-corrected chi connectivity index (χ4v) is 9.82. The minimum absolute atomic E-state index is 0.0826. The van der Waals surface area contributed by atoms with Crippen molar-refractivity contribution in [1.82, 2.24) is 5.32 Å². The van der Waals surface area contributed by atoms with Gasteiger partial charge in [-0.2, -0.15) is 0 Å². The number of nitrogens with one attached hydrogen (secondary N) is 1. The number of allylic oxidation sites excluding steroid dienone is 12. The van der Waals surface area contributed by atoms with E-state index in [1.54, 1.807) is 0 Å². The van der Waals surface area contributed by atoms with Crippen LogP contribution in [0, 0.1) is 17.8 Å². The molecule has 1 saturated heterocycles. The summed E-state index contributed by atoms with van der Waals surface area (Å²) in [6.07, 6.45) is 33.1. The third kappa shape index (κ3) is 11.2. The molecule has 9 heteroatoms. The van der Waals surface area contributed by atoms with Crippen molar-refractivity contribution in [3.05, 3.63) is 116 Å². The highest BCUT2D eigenvalue weighted by atomic mass is 16.5. The second-order valence-corrected chi connectivity index (χ2v) is 18.1. The van der Waals surface area contributed by atoms with Crippen LogP contribution >= 0.6 is 0 Å². The number of aliphatic hydroxyl groups is 1. The van der Waals surface area contributed by atoms with Gasteiger partial charge in [-0.1, -0.05) is 122 Å². The summed E-state index contributed by atoms with van der Waals surface area (Å²) in [5, 5.41) is 15.5. The lowest BCUT2D eigenvalue weighted by atomic mass is 9.84. The van der Waals surface area contributed by atoms with Gasteiger partial charge in [0.1, 0.15) is 18.3 Å². The van der Waals surface area contributed by atoms with Crippen LogP contribution in [0.2, 0.25) is 0 Å². The molecule has 0 saturated carbocycles. The van der Waals surface area contributed by atoms with Crippen molar-refractivity contribution in [2.75, 3.05) is 13.7 Å². The average molecular weight is 857 g/mol.